The van der Waals surface area contributed by atoms with Gasteiger partial charge in [-0.05, 0) is 12.1 Å². The van der Waals surface area contributed by atoms with Crippen LogP contribution >= 0.6 is 0 Å². The Morgan fingerprint density at radius 1 is 1.20 bits per heavy atom. The van der Waals surface area contributed by atoms with Crippen LogP contribution in [0.5, 0.6) is 0 Å². The lowest BCUT2D eigenvalue weighted by Gasteiger charge is -2.18. The highest BCUT2D eigenvalue weighted by molar-refractivity contribution is 5.69. The number of carbonyl (C=O) groups excluding carboxylic acids is 1. The van der Waals surface area contributed by atoms with Crippen molar-refractivity contribution in [2.24, 2.45) is 0 Å². The molecule has 0 saturated carbocycles. The molecular formula is C16H21NO3. The lowest BCUT2D eigenvalue weighted by molar-refractivity contribution is -0.141. The third-order valence-corrected chi connectivity index (χ3v) is 2.78. The van der Waals surface area contributed by atoms with Crippen molar-refractivity contribution in [3.05, 3.63) is 35.9 Å². The molecule has 0 saturated heterocycles. The maximum Gasteiger partial charge on any atom is 0.306 e. The second-order valence-corrected chi connectivity index (χ2v) is 4.26. The van der Waals surface area contributed by atoms with E-state index in [0.717, 1.165) is 12.1 Å². The number of hydrogen-bond donors (Lipinski definition) is 0. The first-order chi connectivity index (χ1) is 9.76. The minimum atomic E-state index is -0.205. The molecule has 0 amide bonds. The molecule has 0 atom stereocenters. The van der Waals surface area contributed by atoms with Crippen LogP contribution in [0.2, 0.25) is 0 Å². The van der Waals surface area contributed by atoms with Crippen molar-refractivity contribution in [1.29, 1.82) is 0 Å². The number of carbonyl (C=O) groups is 1. The molecule has 0 aliphatic rings. The summed E-state index contributed by atoms with van der Waals surface area (Å²) in [6.07, 6.45) is 0.368. The Bertz CT molecular complexity index is 448. The lowest BCUT2D eigenvalue weighted by Crippen LogP contribution is -2.30. The van der Waals surface area contributed by atoms with E-state index in [-0.39, 0.29) is 5.97 Å². The van der Waals surface area contributed by atoms with Gasteiger partial charge in [0.05, 0.1) is 26.7 Å². The van der Waals surface area contributed by atoms with Gasteiger partial charge in [0, 0.05) is 25.8 Å². The monoisotopic (exact) mass is 275 g/mol. The number of esters is 1. The fraction of sp³-hybridized carbons (Fsp3) is 0.438. The molecule has 0 fully saturated rings. The van der Waals surface area contributed by atoms with Crippen molar-refractivity contribution in [3.63, 3.8) is 0 Å². The zero-order valence-electron chi connectivity index (χ0n) is 12.1. The molecule has 1 aromatic rings. The van der Waals surface area contributed by atoms with Crippen LogP contribution < -0.4 is 0 Å². The van der Waals surface area contributed by atoms with Crippen LogP contribution in [-0.4, -0.2) is 51.3 Å². The number of benzene rings is 1. The summed E-state index contributed by atoms with van der Waals surface area (Å²) in [4.78, 5) is 13.2. The molecule has 0 aromatic heterocycles. The summed E-state index contributed by atoms with van der Waals surface area (Å²) in [5.74, 6) is 6.02. The second-order valence-electron chi connectivity index (χ2n) is 4.26. The minimum absolute atomic E-state index is 0.205. The lowest BCUT2D eigenvalue weighted by atomic mass is 10.2. The Kier molecular flexibility index (Phi) is 8.13. The third-order valence-electron chi connectivity index (χ3n) is 2.78. The van der Waals surface area contributed by atoms with E-state index in [2.05, 4.69) is 21.5 Å². The molecule has 20 heavy (non-hydrogen) atoms. The summed E-state index contributed by atoms with van der Waals surface area (Å²) in [6, 6.07) is 9.84. The maximum atomic E-state index is 11.2. The molecule has 4 heteroatoms. The molecule has 0 unspecified atom stereocenters. The zero-order chi connectivity index (χ0) is 14.6. The average Bonchev–Trinajstić information content (AvgIpc) is 2.50. The summed E-state index contributed by atoms with van der Waals surface area (Å²) < 4.78 is 9.71. The van der Waals surface area contributed by atoms with Gasteiger partial charge in [-0.1, -0.05) is 30.0 Å². The van der Waals surface area contributed by atoms with Gasteiger partial charge in [0.1, 0.15) is 0 Å². The van der Waals surface area contributed by atoms with Crippen LogP contribution in [0.4, 0.5) is 0 Å². The van der Waals surface area contributed by atoms with E-state index in [1.807, 2.05) is 30.3 Å². The first-order valence-electron chi connectivity index (χ1n) is 6.58. The van der Waals surface area contributed by atoms with Crippen LogP contribution in [0.1, 0.15) is 12.0 Å². The van der Waals surface area contributed by atoms with Crippen molar-refractivity contribution in [2.45, 2.75) is 6.42 Å². The highest BCUT2D eigenvalue weighted by Gasteiger charge is 2.06. The standard InChI is InChI=1S/C16H21NO3/c1-19-14-13-17(12-10-16(18)20-2)11-6-9-15-7-4-3-5-8-15/h3-5,7-8H,10-14H2,1-2H3. The highest BCUT2D eigenvalue weighted by atomic mass is 16.5. The molecule has 0 radical (unpaired) electrons. The Hall–Kier alpha value is -1.83. The Morgan fingerprint density at radius 3 is 2.60 bits per heavy atom. The quantitative estimate of drug-likeness (QED) is 0.559. The first kappa shape index (κ1) is 16.2. The zero-order valence-corrected chi connectivity index (χ0v) is 12.1. The molecule has 0 heterocycles. The van der Waals surface area contributed by atoms with Gasteiger partial charge in [-0.3, -0.25) is 9.69 Å². The van der Waals surface area contributed by atoms with Crippen molar-refractivity contribution < 1.29 is 14.3 Å². The van der Waals surface area contributed by atoms with Crippen LogP contribution in [0.3, 0.4) is 0 Å². The second kappa shape index (κ2) is 10.0. The van der Waals surface area contributed by atoms with E-state index in [4.69, 9.17) is 4.74 Å². The highest BCUT2D eigenvalue weighted by Crippen LogP contribution is 1.96. The molecule has 0 N–H and O–H groups in total. The molecular weight excluding hydrogens is 254 g/mol. The van der Waals surface area contributed by atoms with Crippen molar-refractivity contribution in [2.75, 3.05) is 40.5 Å². The number of hydrogen-bond acceptors (Lipinski definition) is 4. The maximum absolute atomic E-state index is 11.2. The molecule has 0 aliphatic heterocycles. The number of methoxy groups -OCH3 is 2. The van der Waals surface area contributed by atoms with Gasteiger partial charge >= 0.3 is 5.97 Å². The van der Waals surface area contributed by atoms with Gasteiger partial charge in [-0.25, -0.2) is 0 Å². The summed E-state index contributed by atoms with van der Waals surface area (Å²) in [6.45, 7) is 2.60. The van der Waals surface area contributed by atoms with Crippen LogP contribution in [0.25, 0.3) is 0 Å². The topological polar surface area (TPSA) is 38.8 Å². The number of ether oxygens (including phenoxy) is 2. The molecule has 1 rings (SSSR count). The van der Waals surface area contributed by atoms with Crippen LogP contribution in [-0.2, 0) is 14.3 Å². The smallest absolute Gasteiger partial charge is 0.306 e. The average molecular weight is 275 g/mol. The van der Waals surface area contributed by atoms with Crippen molar-refractivity contribution in [3.8, 4) is 11.8 Å². The minimum Gasteiger partial charge on any atom is -0.469 e. The first-order valence-corrected chi connectivity index (χ1v) is 6.58. The Labute approximate surface area is 120 Å². The van der Waals surface area contributed by atoms with Gasteiger partial charge in [-0.15, -0.1) is 0 Å². The van der Waals surface area contributed by atoms with E-state index in [1.54, 1.807) is 7.11 Å². The molecule has 4 nitrogen and oxygen atoms in total. The van der Waals surface area contributed by atoms with Gasteiger partial charge in [0.2, 0.25) is 0 Å². The fourth-order valence-electron chi connectivity index (χ4n) is 1.62. The Morgan fingerprint density at radius 2 is 1.95 bits per heavy atom. The predicted molar refractivity (Wildman–Crippen MR) is 78.3 cm³/mol. The number of nitrogens with zero attached hydrogens (tertiary/aromatic N) is 1. The normalized spacial score (nSPS) is 9.95. The van der Waals surface area contributed by atoms with E-state index in [0.29, 0.717) is 26.1 Å². The van der Waals surface area contributed by atoms with Crippen LogP contribution in [0.15, 0.2) is 30.3 Å². The molecule has 0 aliphatic carbocycles. The van der Waals surface area contributed by atoms with E-state index >= 15 is 0 Å². The molecule has 0 bridgehead atoms. The summed E-state index contributed by atoms with van der Waals surface area (Å²) in [7, 11) is 3.06. The molecule has 0 spiro atoms. The summed E-state index contributed by atoms with van der Waals surface area (Å²) in [5.41, 5.74) is 0.993. The van der Waals surface area contributed by atoms with Crippen LogP contribution in [0, 0.1) is 11.8 Å². The van der Waals surface area contributed by atoms with E-state index in [1.165, 1.54) is 7.11 Å². The van der Waals surface area contributed by atoms with E-state index in [9.17, 15) is 4.79 Å². The predicted octanol–water partition coefficient (Wildman–Crippen LogP) is 1.55. The van der Waals surface area contributed by atoms with Gasteiger partial charge < -0.3 is 9.47 Å². The summed E-state index contributed by atoms with van der Waals surface area (Å²) >= 11 is 0. The summed E-state index contributed by atoms with van der Waals surface area (Å²) in [5, 5.41) is 0. The van der Waals surface area contributed by atoms with E-state index < -0.39 is 0 Å². The fourth-order valence-corrected chi connectivity index (χ4v) is 1.62. The molecule has 1 aromatic carbocycles. The van der Waals surface area contributed by atoms with Gasteiger partial charge in [0.25, 0.3) is 0 Å². The Balaban J connectivity index is 2.47. The van der Waals surface area contributed by atoms with Gasteiger partial charge in [0.15, 0.2) is 0 Å². The largest absolute Gasteiger partial charge is 0.469 e. The molecule has 108 valence electrons. The van der Waals surface area contributed by atoms with Crippen molar-refractivity contribution in [1.82, 2.24) is 4.90 Å². The third kappa shape index (κ3) is 6.93. The SMILES string of the molecule is COCCN(CC#Cc1ccccc1)CCC(=O)OC. The number of rotatable bonds is 7. The van der Waals surface area contributed by atoms with Crippen molar-refractivity contribution >= 4 is 5.97 Å². The van der Waals surface area contributed by atoms with Gasteiger partial charge in [-0.2, -0.15) is 0 Å².